The van der Waals surface area contributed by atoms with Crippen molar-refractivity contribution in [2.24, 2.45) is 0 Å². The number of nitrogens with one attached hydrogen (secondary N) is 2. The molecule has 0 aliphatic heterocycles. The summed E-state index contributed by atoms with van der Waals surface area (Å²) in [6.45, 7) is 0.680. The van der Waals surface area contributed by atoms with Gasteiger partial charge in [0, 0.05) is 12.2 Å². The Morgan fingerprint density at radius 2 is 1.71 bits per heavy atom. The van der Waals surface area contributed by atoms with Crippen LogP contribution >= 0.6 is 0 Å². The zero-order valence-electron chi connectivity index (χ0n) is 11.6. The molecule has 4 nitrogen and oxygen atoms in total. The van der Waals surface area contributed by atoms with Crippen LogP contribution in [0.15, 0.2) is 48.5 Å². The number of halogens is 1. The minimum absolute atomic E-state index is 0.123. The van der Waals surface area contributed by atoms with Crippen molar-refractivity contribution in [1.29, 1.82) is 0 Å². The smallest absolute Gasteiger partial charge is 0.236 e. The standard InChI is InChI=1S/C15H17FN2O2S/c1-17-10-12-3-2-4-13(9-12)11-21(19,20)18-15-7-5-14(16)6-8-15/h2-9,17-18H,10-11H2,1H3. The van der Waals surface area contributed by atoms with Crippen LogP contribution in [-0.4, -0.2) is 15.5 Å². The Balaban J connectivity index is 2.10. The molecule has 6 heteroatoms. The fraction of sp³-hybridized carbons (Fsp3) is 0.200. The van der Waals surface area contributed by atoms with Gasteiger partial charge in [-0.2, -0.15) is 0 Å². The van der Waals surface area contributed by atoms with Gasteiger partial charge in [-0.05, 0) is 42.4 Å². The van der Waals surface area contributed by atoms with E-state index in [0.717, 1.165) is 5.56 Å². The van der Waals surface area contributed by atoms with Gasteiger partial charge in [0.25, 0.3) is 0 Å². The molecular weight excluding hydrogens is 291 g/mol. The second-order valence-electron chi connectivity index (χ2n) is 4.72. The highest BCUT2D eigenvalue weighted by Gasteiger charge is 2.12. The Hall–Kier alpha value is -1.92. The molecule has 0 fully saturated rings. The fourth-order valence-corrected chi connectivity index (χ4v) is 3.17. The van der Waals surface area contributed by atoms with Crippen molar-refractivity contribution in [1.82, 2.24) is 5.32 Å². The predicted molar refractivity (Wildman–Crippen MR) is 81.9 cm³/mol. The number of hydrogen-bond donors (Lipinski definition) is 2. The molecule has 21 heavy (non-hydrogen) atoms. The van der Waals surface area contributed by atoms with Gasteiger partial charge in [-0.1, -0.05) is 24.3 Å². The maximum absolute atomic E-state index is 12.8. The van der Waals surface area contributed by atoms with Crippen molar-refractivity contribution in [3.05, 3.63) is 65.5 Å². The highest BCUT2D eigenvalue weighted by molar-refractivity contribution is 7.91. The van der Waals surface area contributed by atoms with Gasteiger partial charge in [0.05, 0.1) is 5.75 Å². The van der Waals surface area contributed by atoms with E-state index in [9.17, 15) is 12.8 Å². The Morgan fingerprint density at radius 1 is 1.05 bits per heavy atom. The summed E-state index contributed by atoms with van der Waals surface area (Å²) in [7, 11) is -1.69. The fourth-order valence-electron chi connectivity index (χ4n) is 1.99. The molecule has 0 saturated heterocycles. The van der Waals surface area contributed by atoms with Crippen molar-refractivity contribution < 1.29 is 12.8 Å². The maximum Gasteiger partial charge on any atom is 0.236 e. The summed E-state index contributed by atoms with van der Waals surface area (Å²) in [5.74, 6) is -0.528. The van der Waals surface area contributed by atoms with Crippen LogP contribution in [0.4, 0.5) is 10.1 Å². The molecule has 2 N–H and O–H groups in total. The molecule has 0 radical (unpaired) electrons. The average Bonchev–Trinajstić information content (AvgIpc) is 2.41. The minimum atomic E-state index is -3.53. The number of anilines is 1. The van der Waals surface area contributed by atoms with Crippen molar-refractivity contribution in [2.75, 3.05) is 11.8 Å². The van der Waals surface area contributed by atoms with E-state index in [0.29, 0.717) is 17.8 Å². The second kappa shape index (κ2) is 6.69. The lowest BCUT2D eigenvalue weighted by atomic mass is 10.1. The SMILES string of the molecule is CNCc1cccc(CS(=O)(=O)Nc2ccc(F)cc2)c1. The normalized spacial score (nSPS) is 11.3. The minimum Gasteiger partial charge on any atom is -0.316 e. The number of sulfonamides is 1. The molecule has 0 atom stereocenters. The third kappa shape index (κ3) is 4.84. The molecule has 0 aliphatic carbocycles. The third-order valence-corrected chi connectivity index (χ3v) is 4.11. The monoisotopic (exact) mass is 308 g/mol. The predicted octanol–water partition coefficient (Wildman–Crippen LogP) is 2.49. The molecule has 0 amide bonds. The second-order valence-corrected chi connectivity index (χ2v) is 6.44. The molecule has 2 aromatic carbocycles. The highest BCUT2D eigenvalue weighted by Crippen LogP contribution is 2.14. The van der Waals surface area contributed by atoms with Gasteiger partial charge in [0.15, 0.2) is 0 Å². The number of rotatable bonds is 6. The largest absolute Gasteiger partial charge is 0.316 e. The first-order valence-electron chi connectivity index (χ1n) is 6.47. The van der Waals surface area contributed by atoms with Crippen LogP contribution in [0.5, 0.6) is 0 Å². The first kappa shape index (κ1) is 15.5. The van der Waals surface area contributed by atoms with Crippen LogP contribution in [0.25, 0.3) is 0 Å². The van der Waals surface area contributed by atoms with Gasteiger partial charge < -0.3 is 5.32 Å². The van der Waals surface area contributed by atoms with Crippen LogP contribution in [0.3, 0.4) is 0 Å². The van der Waals surface area contributed by atoms with E-state index in [2.05, 4.69) is 10.0 Å². The maximum atomic E-state index is 12.8. The first-order valence-corrected chi connectivity index (χ1v) is 8.12. The van der Waals surface area contributed by atoms with Crippen LogP contribution in [-0.2, 0) is 22.3 Å². The number of benzene rings is 2. The van der Waals surface area contributed by atoms with Crippen LogP contribution < -0.4 is 10.0 Å². The molecule has 0 unspecified atom stereocenters. The molecule has 2 rings (SSSR count). The molecule has 0 heterocycles. The lowest BCUT2D eigenvalue weighted by molar-refractivity contribution is 0.600. The Kier molecular flexibility index (Phi) is 4.93. The summed E-state index contributed by atoms with van der Waals surface area (Å²) in [5.41, 5.74) is 2.08. The molecule has 112 valence electrons. The van der Waals surface area contributed by atoms with Crippen molar-refractivity contribution in [3.8, 4) is 0 Å². The summed E-state index contributed by atoms with van der Waals surface area (Å²) in [4.78, 5) is 0. The van der Waals surface area contributed by atoms with Crippen molar-refractivity contribution >= 4 is 15.7 Å². The van der Waals surface area contributed by atoms with E-state index in [1.165, 1.54) is 24.3 Å². The van der Waals surface area contributed by atoms with Gasteiger partial charge in [-0.15, -0.1) is 0 Å². The number of hydrogen-bond acceptors (Lipinski definition) is 3. The van der Waals surface area contributed by atoms with Gasteiger partial charge >= 0.3 is 0 Å². The first-order chi connectivity index (χ1) is 9.98. The Bertz CT molecular complexity index is 700. The van der Waals surface area contributed by atoms with Crippen LogP contribution in [0.1, 0.15) is 11.1 Å². The zero-order chi connectivity index (χ0) is 15.3. The van der Waals surface area contributed by atoms with E-state index in [1.807, 2.05) is 25.2 Å². The van der Waals surface area contributed by atoms with E-state index in [-0.39, 0.29) is 5.75 Å². The highest BCUT2D eigenvalue weighted by atomic mass is 32.2. The zero-order valence-corrected chi connectivity index (χ0v) is 12.5. The third-order valence-electron chi connectivity index (χ3n) is 2.85. The summed E-state index contributed by atoms with van der Waals surface area (Å²) >= 11 is 0. The topological polar surface area (TPSA) is 58.2 Å². The van der Waals surface area contributed by atoms with Gasteiger partial charge in [-0.25, -0.2) is 12.8 Å². The quantitative estimate of drug-likeness (QED) is 0.862. The van der Waals surface area contributed by atoms with Gasteiger partial charge in [0.2, 0.25) is 10.0 Å². The van der Waals surface area contributed by atoms with Gasteiger partial charge in [0.1, 0.15) is 5.82 Å². The molecule has 0 saturated carbocycles. The summed E-state index contributed by atoms with van der Waals surface area (Å²) < 4.78 is 39.4. The average molecular weight is 308 g/mol. The molecule has 0 aliphatic rings. The lowest BCUT2D eigenvalue weighted by Gasteiger charge is -2.09. The molecule has 0 aromatic heterocycles. The Morgan fingerprint density at radius 3 is 2.38 bits per heavy atom. The Labute approximate surface area is 124 Å². The van der Waals surface area contributed by atoms with E-state index in [1.54, 1.807) is 6.07 Å². The summed E-state index contributed by atoms with van der Waals surface area (Å²) in [6.07, 6.45) is 0. The molecule has 0 spiro atoms. The summed E-state index contributed by atoms with van der Waals surface area (Å²) in [6, 6.07) is 12.6. The van der Waals surface area contributed by atoms with E-state index >= 15 is 0 Å². The molecular formula is C15H17FN2O2S. The van der Waals surface area contributed by atoms with Crippen molar-refractivity contribution in [2.45, 2.75) is 12.3 Å². The molecule has 0 bridgehead atoms. The van der Waals surface area contributed by atoms with E-state index in [4.69, 9.17) is 0 Å². The summed E-state index contributed by atoms with van der Waals surface area (Å²) in [5, 5.41) is 3.02. The van der Waals surface area contributed by atoms with E-state index < -0.39 is 15.8 Å². The van der Waals surface area contributed by atoms with Crippen LogP contribution in [0.2, 0.25) is 0 Å². The van der Waals surface area contributed by atoms with Crippen molar-refractivity contribution in [3.63, 3.8) is 0 Å². The van der Waals surface area contributed by atoms with Gasteiger partial charge in [-0.3, -0.25) is 4.72 Å². The van der Waals surface area contributed by atoms with Crippen LogP contribution in [0, 0.1) is 5.82 Å². The lowest BCUT2D eigenvalue weighted by Crippen LogP contribution is -2.15. The molecule has 2 aromatic rings.